The summed E-state index contributed by atoms with van der Waals surface area (Å²) >= 11 is 1.31. The number of nitrogens with one attached hydrogen (secondary N) is 1. The first kappa shape index (κ1) is 21.4. The maximum atomic E-state index is 12.4. The van der Waals surface area contributed by atoms with E-state index in [9.17, 15) is 19.7 Å². The molecule has 0 aliphatic rings. The Hall–Kier alpha value is -2.87. The number of carbonyl (C=O) groups excluding carboxylic acids is 2. The summed E-state index contributed by atoms with van der Waals surface area (Å²) in [5.41, 5.74) is 1.20. The van der Waals surface area contributed by atoms with Gasteiger partial charge in [-0.3, -0.25) is 19.7 Å². The lowest BCUT2D eigenvalue weighted by molar-refractivity contribution is -0.384. The number of non-ortho nitro benzene ring substituents is 1. The lowest BCUT2D eigenvalue weighted by Gasteiger charge is -2.18. The van der Waals surface area contributed by atoms with Crippen LogP contribution >= 0.6 is 11.8 Å². The topological polar surface area (TPSA) is 92.6 Å². The lowest BCUT2D eigenvalue weighted by atomic mass is 10.1. The third kappa shape index (κ3) is 5.56. The van der Waals surface area contributed by atoms with E-state index in [-0.39, 0.29) is 17.5 Å². The van der Waals surface area contributed by atoms with Gasteiger partial charge in [-0.1, -0.05) is 0 Å². The van der Waals surface area contributed by atoms with Crippen LogP contribution in [0.2, 0.25) is 0 Å². The van der Waals surface area contributed by atoms with E-state index in [0.29, 0.717) is 24.3 Å². The van der Waals surface area contributed by atoms with Gasteiger partial charge in [0.25, 0.3) is 11.6 Å². The maximum Gasteiger partial charge on any atom is 0.269 e. The molecular formula is C20H23N3O4S. The molecule has 0 aliphatic carbocycles. The van der Waals surface area contributed by atoms with E-state index in [2.05, 4.69) is 5.32 Å². The number of nitro groups is 1. The highest BCUT2D eigenvalue weighted by molar-refractivity contribution is 8.00. The second-order valence-electron chi connectivity index (χ2n) is 6.06. The van der Waals surface area contributed by atoms with E-state index in [1.165, 1.54) is 23.9 Å². The summed E-state index contributed by atoms with van der Waals surface area (Å²) in [5, 5.41) is 13.1. The van der Waals surface area contributed by atoms with Crippen molar-refractivity contribution in [3.8, 4) is 0 Å². The van der Waals surface area contributed by atoms with Crippen molar-refractivity contribution in [2.75, 3.05) is 18.4 Å². The first-order valence-corrected chi connectivity index (χ1v) is 9.85. The molecule has 1 N–H and O–H groups in total. The molecule has 28 heavy (non-hydrogen) atoms. The van der Waals surface area contributed by atoms with Crippen LogP contribution in [0.4, 0.5) is 11.4 Å². The van der Waals surface area contributed by atoms with Gasteiger partial charge in [-0.2, -0.15) is 0 Å². The second kappa shape index (κ2) is 9.89. The molecule has 0 heterocycles. The van der Waals surface area contributed by atoms with E-state index >= 15 is 0 Å². The minimum Gasteiger partial charge on any atom is -0.339 e. The number of rotatable bonds is 8. The van der Waals surface area contributed by atoms with E-state index in [4.69, 9.17) is 0 Å². The molecule has 0 radical (unpaired) electrons. The van der Waals surface area contributed by atoms with Crippen LogP contribution in [0.1, 0.15) is 31.1 Å². The smallest absolute Gasteiger partial charge is 0.269 e. The zero-order valence-electron chi connectivity index (χ0n) is 16.0. The number of hydrogen-bond acceptors (Lipinski definition) is 5. The SMILES string of the molecule is CCN(CC)C(=O)c1ccc(NC(=O)[C@H](C)Sc2ccc([N+](=O)[O-])cc2)cc1. The molecule has 7 nitrogen and oxygen atoms in total. The Balaban J connectivity index is 1.96. The van der Waals surface area contributed by atoms with Crippen molar-refractivity contribution in [2.45, 2.75) is 30.9 Å². The minimum absolute atomic E-state index is 0.0146. The highest BCUT2D eigenvalue weighted by Crippen LogP contribution is 2.26. The van der Waals surface area contributed by atoms with E-state index in [0.717, 1.165) is 4.90 Å². The van der Waals surface area contributed by atoms with E-state index < -0.39 is 10.2 Å². The van der Waals surface area contributed by atoms with Crippen LogP contribution in [0.3, 0.4) is 0 Å². The first-order valence-electron chi connectivity index (χ1n) is 8.97. The summed E-state index contributed by atoms with van der Waals surface area (Å²) in [5.74, 6) is -0.226. The summed E-state index contributed by atoms with van der Waals surface area (Å²) in [4.78, 5) is 37.4. The molecule has 0 saturated heterocycles. The van der Waals surface area contributed by atoms with Gasteiger partial charge in [-0.05, 0) is 57.2 Å². The van der Waals surface area contributed by atoms with Gasteiger partial charge in [0.05, 0.1) is 10.2 Å². The quantitative estimate of drug-likeness (QED) is 0.407. The molecule has 0 bridgehead atoms. The van der Waals surface area contributed by atoms with Crippen molar-refractivity contribution in [1.29, 1.82) is 0 Å². The van der Waals surface area contributed by atoms with Crippen molar-refractivity contribution in [3.63, 3.8) is 0 Å². The van der Waals surface area contributed by atoms with Gasteiger partial charge in [0.2, 0.25) is 5.91 Å². The number of benzene rings is 2. The monoisotopic (exact) mass is 401 g/mol. The molecule has 0 fully saturated rings. The van der Waals surface area contributed by atoms with E-state index in [1.807, 2.05) is 13.8 Å². The molecule has 148 valence electrons. The highest BCUT2D eigenvalue weighted by atomic mass is 32.2. The Bertz CT molecular complexity index is 834. The van der Waals surface area contributed by atoms with Crippen LogP contribution in [0, 0.1) is 10.1 Å². The average molecular weight is 401 g/mol. The number of thioether (sulfide) groups is 1. The maximum absolute atomic E-state index is 12.4. The van der Waals surface area contributed by atoms with Crippen molar-refractivity contribution >= 4 is 35.0 Å². The van der Waals surface area contributed by atoms with Gasteiger partial charge < -0.3 is 10.2 Å². The Kier molecular flexibility index (Phi) is 7.57. The average Bonchev–Trinajstić information content (AvgIpc) is 2.69. The van der Waals surface area contributed by atoms with Crippen molar-refractivity contribution in [2.24, 2.45) is 0 Å². The first-order chi connectivity index (χ1) is 13.3. The number of carbonyl (C=O) groups is 2. The second-order valence-corrected chi connectivity index (χ2v) is 7.47. The molecule has 2 rings (SSSR count). The number of hydrogen-bond donors (Lipinski definition) is 1. The standard InChI is InChI=1S/C20H23N3O4S/c1-4-22(5-2)20(25)15-6-8-16(9-7-15)21-19(24)14(3)28-18-12-10-17(11-13-18)23(26)27/h6-14H,4-5H2,1-3H3,(H,21,24)/t14-/m0/s1. The molecule has 1 atom stereocenters. The fraction of sp³-hybridized carbons (Fsp3) is 0.300. The molecule has 0 spiro atoms. The third-order valence-corrected chi connectivity index (χ3v) is 5.29. The Morgan fingerprint density at radius 1 is 1.07 bits per heavy atom. The number of nitro benzene ring substituents is 1. The van der Waals surface area contributed by atoms with Crippen LogP contribution in [0.25, 0.3) is 0 Å². The van der Waals surface area contributed by atoms with Crippen molar-refractivity contribution in [3.05, 3.63) is 64.2 Å². The number of nitrogens with zero attached hydrogens (tertiary/aromatic N) is 2. The molecule has 0 aromatic heterocycles. The fourth-order valence-electron chi connectivity index (χ4n) is 2.54. The summed E-state index contributed by atoms with van der Waals surface area (Å²) in [6, 6.07) is 12.9. The molecule has 2 aromatic rings. The molecular weight excluding hydrogens is 378 g/mol. The zero-order valence-corrected chi connectivity index (χ0v) is 16.9. The lowest BCUT2D eigenvalue weighted by Crippen LogP contribution is -2.30. The van der Waals surface area contributed by atoms with Gasteiger partial charge in [-0.25, -0.2) is 0 Å². The minimum atomic E-state index is -0.459. The molecule has 8 heteroatoms. The van der Waals surface area contributed by atoms with Crippen LogP contribution in [-0.2, 0) is 4.79 Å². The van der Waals surface area contributed by atoms with Crippen LogP contribution in [0.5, 0.6) is 0 Å². The molecule has 2 aromatic carbocycles. The predicted octanol–water partition coefficient (Wildman–Crippen LogP) is 4.20. The summed E-state index contributed by atoms with van der Waals surface area (Å²) < 4.78 is 0. The summed E-state index contributed by atoms with van der Waals surface area (Å²) in [6.07, 6.45) is 0. The largest absolute Gasteiger partial charge is 0.339 e. The summed E-state index contributed by atoms with van der Waals surface area (Å²) in [7, 11) is 0. The normalized spacial score (nSPS) is 11.5. The molecule has 0 unspecified atom stereocenters. The zero-order chi connectivity index (χ0) is 20.7. The number of anilines is 1. The van der Waals surface area contributed by atoms with Gasteiger partial charge in [-0.15, -0.1) is 11.8 Å². The Morgan fingerprint density at radius 3 is 2.14 bits per heavy atom. The van der Waals surface area contributed by atoms with Gasteiger partial charge in [0, 0.05) is 41.4 Å². The molecule has 0 saturated carbocycles. The van der Waals surface area contributed by atoms with Crippen LogP contribution < -0.4 is 5.32 Å². The van der Waals surface area contributed by atoms with Gasteiger partial charge in [0.1, 0.15) is 0 Å². The summed E-state index contributed by atoms with van der Waals surface area (Å²) in [6.45, 7) is 6.91. The molecule has 2 amide bonds. The van der Waals surface area contributed by atoms with Crippen LogP contribution in [0.15, 0.2) is 53.4 Å². The fourth-order valence-corrected chi connectivity index (χ4v) is 3.40. The Labute approximate surface area is 168 Å². The van der Waals surface area contributed by atoms with Gasteiger partial charge in [0.15, 0.2) is 0 Å². The molecule has 0 aliphatic heterocycles. The predicted molar refractivity (Wildman–Crippen MR) is 111 cm³/mol. The number of amides is 2. The van der Waals surface area contributed by atoms with Crippen molar-refractivity contribution in [1.82, 2.24) is 4.90 Å². The van der Waals surface area contributed by atoms with Gasteiger partial charge >= 0.3 is 0 Å². The van der Waals surface area contributed by atoms with E-state index in [1.54, 1.807) is 48.2 Å². The van der Waals surface area contributed by atoms with Crippen molar-refractivity contribution < 1.29 is 14.5 Å². The Morgan fingerprint density at radius 2 is 1.64 bits per heavy atom. The van der Waals surface area contributed by atoms with Crippen LogP contribution in [-0.4, -0.2) is 40.0 Å². The highest BCUT2D eigenvalue weighted by Gasteiger charge is 2.16. The third-order valence-electron chi connectivity index (χ3n) is 4.18.